The lowest BCUT2D eigenvalue weighted by atomic mass is 9.78. The fourth-order valence-electron chi connectivity index (χ4n) is 4.71. The highest BCUT2D eigenvalue weighted by Gasteiger charge is 2.49. The number of rotatable bonds is 3. The zero-order valence-electron chi connectivity index (χ0n) is 17.6. The van der Waals surface area contributed by atoms with Crippen LogP contribution in [0, 0.1) is 19.3 Å². The molecule has 0 radical (unpaired) electrons. The molecule has 2 aliphatic rings. The minimum Gasteiger partial charge on any atom is -0.380 e. The van der Waals surface area contributed by atoms with Gasteiger partial charge in [-0.2, -0.15) is 4.52 Å². The first-order valence-electron chi connectivity index (χ1n) is 10.3. The summed E-state index contributed by atoms with van der Waals surface area (Å²) in [5, 5.41) is 8.24. The van der Waals surface area contributed by atoms with Crippen LogP contribution in [0.25, 0.3) is 16.6 Å². The number of benzene rings is 2. The van der Waals surface area contributed by atoms with Crippen molar-refractivity contribution in [1.82, 2.24) is 19.8 Å². The molecule has 4 aromatic rings. The van der Waals surface area contributed by atoms with E-state index in [-0.39, 0.29) is 26.5 Å². The van der Waals surface area contributed by atoms with Crippen LogP contribution < -0.4 is 10.5 Å². The molecule has 10 heteroatoms. The van der Waals surface area contributed by atoms with Gasteiger partial charge in [-0.25, -0.2) is 8.42 Å². The molecule has 2 fully saturated rings. The number of fused-ring (bicyclic) bond motifs is 3. The van der Waals surface area contributed by atoms with Gasteiger partial charge >= 0.3 is 0 Å². The molecule has 2 aliphatic heterocycles. The molecule has 6 rings (SSSR count). The van der Waals surface area contributed by atoms with Crippen LogP contribution in [0.4, 0.5) is 5.69 Å². The Labute approximate surface area is 183 Å². The van der Waals surface area contributed by atoms with Gasteiger partial charge in [0.05, 0.1) is 34.4 Å². The predicted octanol–water partition coefficient (Wildman–Crippen LogP) is 1.86. The van der Waals surface area contributed by atoms with Gasteiger partial charge < -0.3 is 14.6 Å². The van der Waals surface area contributed by atoms with Gasteiger partial charge in [0.25, 0.3) is 5.56 Å². The fourth-order valence-corrected chi connectivity index (χ4v) is 6.18. The van der Waals surface area contributed by atoms with E-state index in [1.165, 1.54) is 4.52 Å². The van der Waals surface area contributed by atoms with Crippen LogP contribution in [0.3, 0.4) is 0 Å². The van der Waals surface area contributed by atoms with E-state index in [4.69, 9.17) is 4.74 Å². The summed E-state index contributed by atoms with van der Waals surface area (Å²) in [7, 11) is -3.98. The lowest BCUT2D eigenvalue weighted by Gasteiger charge is -2.56. The highest BCUT2D eigenvalue weighted by atomic mass is 32.2. The summed E-state index contributed by atoms with van der Waals surface area (Å²) < 4.78 is 33.5. The molecule has 0 aliphatic carbocycles. The maximum Gasteiger partial charge on any atom is 0.259 e. The number of anilines is 1. The average Bonchev–Trinajstić information content (AvgIpc) is 3.10. The van der Waals surface area contributed by atoms with Crippen molar-refractivity contribution >= 4 is 32.1 Å². The first-order valence-corrected chi connectivity index (χ1v) is 11.8. The van der Waals surface area contributed by atoms with Crippen molar-refractivity contribution in [2.75, 3.05) is 31.2 Å². The largest absolute Gasteiger partial charge is 0.380 e. The van der Waals surface area contributed by atoms with E-state index in [2.05, 4.69) is 20.2 Å². The Balaban J connectivity index is 1.50. The summed E-state index contributed by atoms with van der Waals surface area (Å²) >= 11 is 0. The average molecular weight is 452 g/mol. The highest BCUT2D eigenvalue weighted by molar-refractivity contribution is 7.91. The number of hydrogen-bond acceptors (Lipinski definition) is 7. The van der Waals surface area contributed by atoms with Crippen LogP contribution in [0.5, 0.6) is 0 Å². The molecule has 0 bridgehead atoms. The Bertz CT molecular complexity index is 1580. The van der Waals surface area contributed by atoms with Crippen molar-refractivity contribution in [3.05, 3.63) is 57.9 Å². The van der Waals surface area contributed by atoms with Crippen molar-refractivity contribution in [3.63, 3.8) is 0 Å². The maximum absolute atomic E-state index is 13.4. The summed E-state index contributed by atoms with van der Waals surface area (Å²) in [5.41, 5.74) is 2.97. The van der Waals surface area contributed by atoms with E-state index in [1.54, 1.807) is 31.2 Å². The second-order valence-electron chi connectivity index (χ2n) is 8.93. The monoisotopic (exact) mass is 451 g/mol. The summed E-state index contributed by atoms with van der Waals surface area (Å²) in [6.45, 7) is 7.00. The first-order chi connectivity index (χ1) is 15.3. The van der Waals surface area contributed by atoms with Crippen molar-refractivity contribution in [2.24, 2.45) is 5.41 Å². The number of sulfone groups is 1. The van der Waals surface area contributed by atoms with Gasteiger partial charge in [0, 0.05) is 18.8 Å². The molecule has 1 N–H and O–H groups in total. The molecule has 0 amide bonds. The van der Waals surface area contributed by atoms with Gasteiger partial charge in [0.15, 0.2) is 5.65 Å². The normalized spacial score (nSPS) is 17.6. The zero-order valence-corrected chi connectivity index (χ0v) is 18.4. The van der Waals surface area contributed by atoms with E-state index in [9.17, 15) is 13.2 Å². The minimum atomic E-state index is -3.98. The van der Waals surface area contributed by atoms with Crippen LogP contribution in [-0.4, -0.2) is 54.5 Å². The van der Waals surface area contributed by atoms with Gasteiger partial charge in [0.2, 0.25) is 14.9 Å². The number of H-pyrrole nitrogens is 1. The Morgan fingerprint density at radius 3 is 2.56 bits per heavy atom. The molecule has 4 heterocycles. The van der Waals surface area contributed by atoms with Gasteiger partial charge in [-0.15, -0.1) is 5.10 Å². The Hall–Kier alpha value is -3.24. The maximum atomic E-state index is 13.4. The van der Waals surface area contributed by atoms with Crippen molar-refractivity contribution in [1.29, 1.82) is 0 Å². The van der Waals surface area contributed by atoms with Crippen LogP contribution in [0.2, 0.25) is 0 Å². The predicted molar refractivity (Wildman–Crippen MR) is 118 cm³/mol. The summed E-state index contributed by atoms with van der Waals surface area (Å²) in [6, 6.07) is 10.6. The van der Waals surface area contributed by atoms with E-state index in [1.807, 2.05) is 19.1 Å². The molecule has 2 aromatic carbocycles. The van der Waals surface area contributed by atoms with E-state index in [0.717, 1.165) is 37.6 Å². The summed E-state index contributed by atoms with van der Waals surface area (Å²) in [6.07, 6.45) is 0. The van der Waals surface area contributed by atoms with Crippen LogP contribution in [0.1, 0.15) is 11.1 Å². The lowest BCUT2D eigenvalue weighted by molar-refractivity contribution is -0.127. The van der Waals surface area contributed by atoms with Crippen molar-refractivity contribution in [2.45, 2.75) is 23.8 Å². The first kappa shape index (κ1) is 19.4. The van der Waals surface area contributed by atoms with E-state index < -0.39 is 9.84 Å². The van der Waals surface area contributed by atoms with Crippen LogP contribution in [0.15, 0.2) is 51.1 Å². The van der Waals surface area contributed by atoms with E-state index in [0.29, 0.717) is 16.5 Å². The van der Waals surface area contributed by atoms with E-state index >= 15 is 0 Å². The number of aromatic amines is 1. The summed E-state index contributed by atoms with van der Waals surface area (Å²) in [4.78, 5) is 17.8. The molecular weight excluding hydrogens is 430 g/mol. The second kappa shape index (κ2) is 6.39. The Morgan fingerprint density at radius 2 is 1.88 bits per heavy atom. The van der Waals surface area contributed by atoms with Gasteiger partial charge in [-0.05, 0) is 43.7 Å². The molecule has 0 saturated carbocycles. The van der Waals surface area contributed by atoms with Gasteiger partial charge in [-0.1, -0.05) is 22.9 Å². The molecule has 2 saturated heterocycles. The lowest BCUT2D eigenvalue weighted by Crippen LogP contribution is -2.66. The smallest absolute Gasteiger partial charge is 0.259 e. The van der Waals surface area contributed by atoms with Crippen molar-refractivity contribution in [3.8, 4) is 0 Å². The summed E-state index contributed by atoms with van der Waals surface area (Å²) in [5.74, 6) is 0. The number of ether oxygens (including phenoxy) is 1. The third-order valence-corrected chi connectivity index (χ3v) is 8.26. The van der Waals surface area contributed by atoms with Crippen LogP contribution >= 0.6 is 0 Å². The molecule has 0 unspecified atom stereocenters. The number of hydrogen-bond donors (Lipinski definition) is 1. The number of aromatic nitrogens is 4. The Kier molecular flexibility index (Phi) is 3.89. The van der Waals surface area contributed by atoms with Crippen molar-refractivity contribution < 1.29 is 13.2 Å². The third-order valence-electron chi connectivity index (χ3n) is 6.43. The molecule has 0 atom stereocenters. The minimum absolute atomic E-state index is 0.0621. The highest BCUT2D eigenvalue weighted by Crippen LogP contribution is 2.40. The van der Waals surface area contributed by atoms with Gasteiger partial charge in [-0.3, -0.25) is 4.79 Å². The molecule has 164 valence electrons. The molecule has 32 heavy (non-hydrogen) atoms. The molecule has 1 spiro atoms. The number of nitrogens with one attached hydrogen (secondary N) is 1. The topological polar surface area (TPSA) is 110 Å². The second-order valence-corrected chi connectivity index (χ2v) is 10.8. The van der Waals surface area contributed by atoms with Gasteiger partial charge in [0.1, 0.15) is 0 Å². The number of aryl methyl sites for hydroxylation is 2. The molecule has 9 nitrogen and oxygen atoms in total. The molecular formula is C22H21N5O4S. The number of nitrogens with zero attached hydrogens (tertiary/aromatic N) is 4. The SMILES string of the molecule is Cc1ccc(S(=O)(=O)c2nnn3c2[nH]c(=O)c2ccc(N4CC5(COC5)C4)cc23)c(C)c1. The third kappa shape index (κ3) is 2.66. The van der Waals surface area contributed by atoms with Crippen LogP contribution in [-0.2, 0) is 14.6 Å². The fraction of sp³-hybridized carbons (Fsp3) is 0.318. The standard InChI is InChI=1S/C22H21N5O4S/c1-13-3-6-18(14(2)7-13)32(29,30)21-19-23-20(28)16-5-4-15(8-17(16)27(19)25-24-21)26-9-22(10-26)11-31-12-22/h3-8H,9-12H2,1-2H3,(H,23,28). The molecule has 2 aromatic heterocycles. The zero-order chi connectivity index (χ0) is 22.3. The quantitative estimate of drug-likeness (QED) is 0.506. The Morgan fingerprint density at radius 1 is 1.09 bits per heavy atom.